The smallest absolute Gasteiger partial charge is 0.398 e. The van der Waals surface area contributed by atoms with E-state index in [1.54, 1.807) is 7.11 Å². The maximum absolute atomic E-state index is 5.32. The van der Waals surface area contributed by atoms with Crippen LogP contribution >= 0.6 is 10.0 Å². The summed E-state index contributed by atoms with van der Waals surface area (Å²) < 4.78 is 4.62. The largest absolute Gasteiger partial charge is 0.407 e. The molecule has 5 heavy (non-hydrogen) atoms. The summed E-state index contributed by atoms with van der Waals surface area (Å²) in [5, 5.41) is 0. The van der Waals surface area contributed by atoms with Crippen LogP contribution in [0.2, 0.25) is 0 Å². The third kappa shape index (κ3) is 4.78. The molecule has 0 atom stereocenters. The highest BCUT2D eigenvalue weighted by Crippen LogP contribution is 1.65. The number of hydrogen-bond donors (Lipinski definition) is 0. The molecule has 0 fully saturated rings. The van der Waals surface area contributed by atoms with Gasteiger partial charge in [0.1, 0.15) is 0 Å². The van der Waals surface area contributed by atoms with E-state index < -0.39 is 0 Å². The van der Waals surface area contributed by atoms with Crippen molar-refractivity contribution in [2.75, 3.05) is 12.6 Å². The van der Waals surface area contributed by atoms with Crippen molar-refractivity contribution in [1.82, 2.24) is 0 Å². The number of methoxy groups -OCH3 is 1. The van der Waals surface area contributed by atoms with Crippen molar-refractivity contribution in [3.05, 3.63) is 0 Å². The summed E-state index contributed by atoms with van der Waals surface area (Å²) in [5.74, 6) is 0. The second kappa shape index (κ2) is 4.78. The molecule has 0 bridgehead atoms. The second-order valence-electron chi connectivity index (χ2n) is 0.682. The number of hydrogen-bond acceptors (Lipinski definition) is 1. The molecule has 0 aromatic rings. The molecule has 3 heteroatoms. The summed E-state index contributed by atoms with van der Waals surface area (Å²) in [6, 6.07) is 0. The van der Waals surface area contributed by atoms with E-state index in [4.69, 9.17) is 10.0 Å². The summed E-state index contributed by atoms with van der Waals surface area (Å²) in [4.78, 5) is 0. The monoisotopic (exact) mass is 108 g/mol. The molecule has 0 rings (SSSR count). The molecular formula is C2H6AlClO. The fourth-order valence-corrected chi connectivity index (χ4v) is 0.694. The lowest BCUT2D eigenvalue weighted by Gasteiger charge is -1.80. The van der Waals surface area contributed by atoms with Gasteiger partial charge in [0.2, 0.25) is 0 Å². The highest BCUT2D eigenvalue weighted by molar-refractivity contribution is 6.93. The molecular weight excluding hydrogens is 102 g/mol. The van der Waals surface area contributed by atoms with Crippen molar-refractivity contribution in [2.45, 2.75) is 0 Å². The Bertz CT molecular complexity index is 17.1. The van der Waals surface area contributed by atoms with Gasteiger partial charge in [-0.05, 0) is 0 Å². The highest BCUT2D eigenvalue weighted by Gasteiger charge is 1.78. The van der Waals surface area contributed by atoms with Crippen LogP contribution in [-0.4, -0.2) is 26.9 Å². The van der Waals surface area contributed by atoms with Gasteiger partial charge in [-0.15, -0.1) is 0 Å². The first-order valence-electron chi connectivity index (χ1n) is 1.46. The molecule has 0 aromatic heterocycles. The van der Waals surface area contributed by atoms with E-state index in [1.165, 1.54) is 0 Å². The van der Waals surface area contributed by atoms with Crippen LogP contribution in [0.4, 0.5) is 0 Å². The molecule has 0 N–H and O–H groups in total. The van der Waals surface area contributed by atoms with Crippen molar-refractivity contribution in [3.8, 4) is 0 Å². The van der Waals surface area contributed by atoms with Crippen molar-refractivity contribution >= 4 is 24.3 Å². The molecule has 0 aliphatic carbocycles. The maximum atomic E-state index is 5.32. The zero-order valence-corrected chi connectivity index (χ0v) is 5.37. The molecule has 0 amide bonds. The third-order valence-electron chi connectivity index (χ3n) is 0.281. The first kappa shape index (κ1) is 5.78. The molecule has 0 heterocycles. The number of rotatable bonds is 2. The molecule has 30 valence electrons. The first-order chi connectivity index (χ1) is 2.41. The Morgan fingerprint density at radius 3 is 2.60 bits per heavy atom. The van der Waals surface area contributed by atoms with Gasteiger partial charge in [-0.2, -0.15) is 0 Å². The van der Waals surface area contributed by atoms with Gasteiger partial charge >= 0.3 is 14.3 Å². The average Bonchev–Trinajstić information content (AvgIpc) is 1.41. The van der Waals surface area contributed by atoms with Crippen LogP contribution in [0.3, 0.4) is 0 Å². The zero-order chi connectivity index (χ0) is 4.12. The Labute approximate surface area is 42.2 Å². The average molecular weight is 109 g/mol. The van der Waals surface area contributed by atoms with Gasteiger partial charge in [-0.25, -0.2) is 0 Å². The molecule has 0 spiro atoms. The standard InChI is InChI=1S/C2H5O.Al.ClH.H/c1-3-2;;;/h1H2,2H3;;1H;/q;+1;;/p-1. The van der Waals surface area contributed by atoms with E-state index >= 15 is 0 Å². The van der Waals surface area contributed by atoms with Crippen LogP contribution in [0.1, 0.15) is 0 Å². The Morgan fingerprint density at radius 2 is 2.60 bits per heavy atom. The Kier molecular flexibility index (Phi) is 5.53. The SMILES string of the molecule is CO[CH2][AlH][Cl]. The van der Waals surface area contributed by atoms with E-state index in [-0.39, 0.29) is 14.3 Å². The molecule has 0 aromatic carbocycles. The van der Waals surface area contributed by atoms with Gasteiger partial charge in [0.15, 0.2) is 0 Å². The summed E-state index contributed by atoms with van der Waals surface area (Å²) in [5.41, 5.74) is 0.793. The van der Waals surface area contributed by atoms with Crippen molar-refractivity contribution in [3.63, 3.8) is 0 Å². The fraction of sp³-hybridized carbons (Fsp3) is 1.00. The van der Waals surface area contributed by atoms with Crippen LogP contribution in [0.25, 0.3) is 0 Å². The quantitative estimate of drug-likeness (QED) is 0.459. The molecule has 0 aliphatic rings. The van der Waals surface area contributed by atoms with Gasteiger partial charge < -0.3 is 4.74 Å². The fourth-order valence-electron chi connectivity index (χ4n) is 0.0772. The Morgan fingerprint density at radius 1 is 2.00 bits per heavy atom. The van der Waals surface area contributed by atoms with E-state index in [0.717, 1.165) is 5.47 Å². The zero-order valence-electron chi connectivity index (χ0n) is 3.20. The third-order valence-corrected chi connectivity index (χ3v) is 1.31. The molecule has 0 saturated heterocycles. The van der Waals surface area contributed by atoms with Gasteiger partial charge in [-0.1, -0.05) is 0 Å². The van der Waals surface area contributed by atoms with Crippen LogP contribution < -0.4 is 0 Å². The van der Waals surface area contributed by atoms with E-state index in [2.05, 4.69) is 4.74 Å². The molecule has 0 saturated carbocycles. The van der Waals surface area contributed by atoms with Crippen LogP contribution in [-0.2, 0) is 4.74 Å². The predicted octanol–water partition coefficient (Wildman–Crippen LogP) is 0.181. The molecule has 0 unspecified atom stereocenters. The van der Waals surface area contributed by atoms with Gasteiger partial charge in [0.05, 0.1) is 0 Å². The predicted molar refractivity (Wildman–Crippen MR) is 24.9 cm³/mol. The number of halogens is 1. The van der Waals surface area contributed by atoms with Crippen molar-refractivity contribution in [1.29, 1.82) is 0 Å². The maximum Gasteiger partial charge on any atom is 0.407 e. The lowest BCUT2D eigenvalue weighted by atomic mass is 11.5. The molecule has 1 nitrogen and oxygen atoms in total. The van der Waals surface area contributed by atoms with Gasteiger partial charge in [0, 0.05) is 12.6 Å². The molecule has 0 aliphatic heterocycles. The second-order valence-corrected chi connectivity index (χ2v) is 2.60. The minimum atomic E-state index is -0.336. The van der Waals surface area contributed by atoms with Crippen LogP contribution in [0.15, 0.2) is 0 Å². The van der Waals surface area contributed by atoms with Crippen LogP contribution in [0, 0.1) is 0 Å². The normalized spacial score (nSPS) is 7.60. The molecule has 0 radical (unpaired) electrons. The Balaban J connectivity index is 2.19. The minimum absolute atomic E-state index is 0.336. The van der Waals surface area contributed by atoms with E-state index in [9.17, 15) is 0 Å². The van der Waals surface area contributed by atoms with E-state index in [1.807, 2.05) is 0 Å². The lowest BCUT2D eigenvalue weighted by Crippen LogP contribution is -1.90. The van der Waals surface area contributed by atoms with Gasteiger partial charge in [-0.3, -0.25) is 10.0 Å². The summed E-state index contributed by atoms with van der Waals surface area (Å²) in [6.07, 6.45) is 0. The van der Waals surface area contributed by atoms with Crippen molar-refractivity contribution in [2.24, 2.45) is 0 Å². The van der Waals surface area contributed by atoms with Gasteiger partial charge in [0.25, 0.3) is 0 Å². The summed E-state index contributed by atoms with van der Waals surface area (Å²) >= 11 is -0.336. The summed E-state index contributed by atoms with van der Waals surface area (Å²) in [7, 11) is 6.98. The van der Waals surface area contributed by atoms with Crippen molar-refractivity contribution < 1.29 is 4.74 Å². The van der Waals surface area contributed by atoms with Crippen LogP contribution in [0.5, 0.6) is 0 Å². The van der Waals surface area contributed by atoms with E-state index in [0.29, 0.717) is 0 Å². The number of ether oxygens (including phenoxy) is 1. The topological polar surface area (TPSA) is 9.23 Å². The minimum Gasteiger partial charge on any atom is -0.398 e. The lowest BCUT2D eigenvalue weighted by molar-refractivity contribution is 0.253. The Hall–Kier alpha value is 0.782. The first-order valence-corrected chi connectivity index (χ1v) is 4.60. The highest BCUT2D eigenvalue weighted by atomic mass is 35.6. The summed E-state index contributed by atoms with van der Waals surface area (Å²) in [6.45, 7) is 0.